The molecule has 0 saturated carbocycles. The second-order valence-electron chi connectivity index (χ2n) is 5.27. The summed E-state index contributed by atoms with van der Waals surface area (Å²) >= 11 is 1.65. The van der Waals surface area contributed by atoms with E-state index in [1.54, 1.807) is 40.3 Å². The normalized spacial score (nSPS) is 20.3. The first-order valence-corrected chi connectivity index (χ1v) is 9.61. The molecule has 1 heterocycles. The maximum Gasteiger partial charge on any atom is 0.335 e. The summed E-state index contributed by atoms with van der Waals surface area (Å²) in [5.41, 5.74) is 0.278. The Kier molecular flexibility index (Phi) is 5.29. The van der Waals surface area contributed by atoms with Crippen LogP contribution in [0, 0.1) is 5.92 Å². The van der Waals surface area contributed by atoms with Gasteiger partial charge in [-0.05, 0) is 43.0 Å². The number of carboxylic acids is 1. The highest BCUT2D eigenvalue weighted by Crippen LogP contribution is 2.27. The van der Waals surface area contributed by atoms with Gasteiger partial charge in [0.05, 0.1) is 11.8 Å². The maximum atomic E-state index is 11.6. The number of piperidine rings is 1. The molecule has 2 rings (SSSR count). The van der Waals surface area contributed by atoms with E-state index in [1.807, 2.05) is 0 Å². The molecule has 0 aromatic heterocycles. The molecule has 1 aliphatic heterocycles. The van der Waals surface area contributed by atoms with Crippen molar-refractivity contribution in [3.8, 4) is 0 Å². The zero-order valence-corrected chi connectivity index (χ0v) is 13.5. The molecule has 0 bridgehead atoms. The van der Waals surface area contributed by atoms with Gasteiger partial charge in [0.1, 0.15) is 0 Å². The van der Waals surface area contributed by atoms with E-state index in [9.17, 15) is 13.2 Å². The molecule has 1 aromatic rings. The third kappa shape index (κ3) is 4.72. The molecule has 1 saturated heterocycles. The zero-order valence-electron chi connectivity index (χ0n) is 11.9. The maximum absolute atomic E-state index is 11.6. The van der Waals surface area contributed by atoms with E-state index < -0.39 is 16.0 Å². The molecule has 1 aromatic carbocycles. The largest absolute Gasteiger partial charge is 0.478 e. The van der Waals surface area contributed by atoms with Crippen molar-refractivity contribution in [2.45, 2.75) is 17.7 Å². The first-order valence-electron chi connectivity index (χ1n) is 6.77. The molecule has 1 unspecified atom stereocenters. The lowest BCUT2D eigenvalue weighted by molar-refractivity contribution is 0.0697. The van der Waals surface area contributed by atoms with Gasteiger partial charge in [-0.3, -0.25) is 0 Å². The van der Waals surface area contributed by atoms with Crippen molar-refractivity contribution < 1.29 is 18.3 Å². The van der Waals surface area contributed by atoms with Crippen LogP contribution in [0.15, 0.2) is 29.2 Å². The van der Waals surface area contributed by atoms with E-state index in [2.05, 4.69) is 0 Å². The summed E-state index contributed by atoms with van der Waals surface area (Å²) in [6, 6.07) is 6.78. The van der Waals surface area contributed by atoms with Gasteiger partial charge in [0, 0.05) is 23.7 Å². The third-order valence-corrected chi connectivity index (χ3v) is 6.05. The Bertz CT molecular complexity index is 598. The molecule has 1 aliphatic rings. The monoisotopic (exact) mass is 329 g/mol. The van der Waals surface area contributed by atoms with Gasteiger partial charge in [-0.25, -0.2) is 17.5 Å². The number of hydrogen-bond donors (Lipinski definition) is 1. The molecular weight excluding hydrogens is 310 g/mol. The fraction of sp³-hybridized carbons (Fsp3) is 0.500. The third-order valence-electron chi connectivity index (χ3n) is 3.54. The van der Waals surface area contributed by atoms with Crippen LogP contribution < -0.4 is 0 Å². The summed E-state index contributed by atoms with van der Waals surface area (Å²) in [5.74, 6) is 0.263. The van der Waals surface area contributed by atoms with Gasteiger partial charge in [0.25, 0.3) is 0 Å². The number of carboxylic acid groups (broad SMARTS) is 1. The van der Waals surface area contributed by atoms with Gasteiger partial charge in [0.2, 0.25) is 10.0 Å². The Hall–Kier alpha value is -1.05. The van der Waals surface area contributed by atoms with E-state index >= 15 is 0 Å². The van der Waals surface area contributed by atoms with E-state index in [-0.39, 0.29) is 5.56 Å². The first-order chi connectivity index (χ1) is 9.86. The Morgan fingerprint density at radius 2 is 2.05 bits per heavy atom. The number of rotatable bonds is 5. The molecule has 1 N–H and O–H groups in total. The number of thioether (sulfide) groups is 1. The quantitative estimate of drug-likeness (QED) is 0.838. The fourth-order valence-electron chi connectivity index (χ4n) is 2.37. The van der Waals surface area contributed by atoms with Crippen molar-refractivity contribution in [3.63, 3.8) is 0 Å². The van der Waals surface area contributed by atoms with Crippen molar-refractivity contribution in [3.05, 3.63) is 29.8 Å². The Balaban J connectivity index is 1.89. The summed E-state index contributed by atoms with van der Waals surface area (Å²) in [6.45, 7) is 1.20. The molecule has 0 radical (unpaired) electrons. The average Bonchev–Trinajstić information content (AvgIpc) is 2.45. The van der Waals surface area contributed by atoms with E-state index in [0.717, 1.165) is 23.5 Å². The summed E-state index contributed by atoms with van der Waals surface area (Å²) in [5, 5.41) is 8.85. The van der Waals surface area contributed by atoms with Crippen LogP contribution in [0.5, 0.6) is 0 Å². The minimum Gasteiger partial charge on any atom is -0.478 e. The van der Waals surface area contributed by atoms with Crippen LogP contribution in [0.2, 0.25) is 0 Å². The second-order valence-corrected chi connectivity index (χ2v) is 8.35. The van der Waals surface area contributed by atoms with Crippen molar-refractivity contribution in [1.82, 2.24) is 4.31 Å². The van der Waals surface area contributed by atoms with Crippen molar-refractivity contribution in [2.24, 2.45) is 5.92 Å². The summed E-state index contributed by atoms with van der Waals surface area (Å²) in [7, 11) is -3.10. The SMILES string of the molecule is CS(=O)(=O)N1CCCC(CSc2ccc(C(=O)O)cc2)C1. The van der Waals surface area contributed by atoms with E-state index in [1.165, 1.54) is 6.26 Å². The molecular formula is C14H19NO4S2. The Labute approximate surface area is 129 Å². The van der Waals surface area contributed by atoms with Gasteiger partial charge < -0.3 is 5.11 Å². The summed E-state index contributed by atoms with van der Waals surface area (Å²) in [6.07, 6.45) is 3.19. The number of aromatic carboxylic acids is 1. The number of hydrogen-bond acceptors (Lipinski definition) is 4. The van der Waals surface area contributed by atoms with Crippen molar-refractivity contribution in [1.29, 1.82) is 0 Å². The molecule has 1 fully saturated rings. The van der Waals surface area contributed by atoms with Crippen molar-refractivity contribution >= 4 is 27.8 Å². The minimum absolute atomic E-state index is 0.278. The zero-order chi connectivity index (χ0) is 15.5. The first kappa shape index (κ1) is 16.3. The lowest BCUT2D eigenvalue weighted by atomic mass is 10.0. The highest BCUT2D eigenvalue weighted by Gasteiger charge is 2.25. The van der Waals surface area contributed by atoms with Crippen LogP contribution in [0.3, 0.4) is 0 Å². The standard InChI is InChI=1S/C14H19NO4S2/c1-21(18,19)15-8-2-3-11(9-15)10-20-13-6-4-12(5-7-13)14(16)17/h4-7,11H,2-3,8-10H2,1H3,(H,16,17). The van der Waals surface area contributed by atoms with Gasteiger partial charge in [-0.2, -0.15) is 0 Å². The number of benzene rings is 1. The van der Waals surface area contributed by atoms with Crippen LogP contribution in [0.4, 0.5) is 0 Å². The van der Waals surface area contributed by atoms with Crippen LogP contribution in [-0.2, 0) is 10.0 Å². The molecule has 116 valence electrons. The number of nitrogens with zero attached hydrogens (tertiary/aromatic N) is 1. The molecule has 21 heavy (non-hydrogen) atoms. The highest BCUT2D eigenvalue weighted by molar-refractivity contribution is 7.99. The Morgan fingerprint density at radius 3 is 2.62 bits per heavy atom. The summed E-state index contributed by atoms with van der Waals surface area (Å²) in [4.78, 5) is 11.8. The van der Waals surface area contributed by atoms with Gasteiger partial charge in [0.15, 0.2) is 0 Å². The van der Waals surface area contributed by atoms with Gasteiger partial charge in [-0.1, -0.05) is 0 Å². The van der Waals surface area contributed by atoms with Crippen LogP contribution in [-0.4, -0.2) is 48.9 Å². The molecule has 0 amide bonds. The number of carbonyl (C=O) groups is 1. The fourth-order valence-corrected chi connectivity index (χ4v) is 4.34. The van der Waals surface area contributed by atoms with Gasteiger partial charge in [-0.15, -0.1) is 11.8 Å². The average molecular weight is 329 g/mol. The molecule has 1 atom stereocenters. The van der Waals surface area contributed by atoms with Crippen LogP contribution in [0.1, 0.15) is 23.2 Å². The minimum atomic E-state index is -3.10. The smallest absolute Gasteiger partial charge is 0.335 e. The molecule has 7 heteroatoms. The lowest BCUT2D eigenvalue weighted by Gasteiger charge is -2.30. The Morgan fingerprint density at radius 1 is 1.38 bits per heavy atom. The van der Waals surface area contributed by atoms with Crippen LogP contribution >= 0.6 is 11.8 Å². The summed E-state index contributed by atoms with van der Waals surface area (Å²) < 4.78 is 24.7. The topological polar surface area (TPSA) is 74.7 Å². The molecule has 0 spiro atoms. The van der Waals surface area contributed by atoms with Gasteiger partial charge >= 0.3 is 5.97 Å². The van der Waals surface area contributed by atoms with Crippen molar-refractivity contribution in [2.75, 3.05) is 25.1 Å². The highest BCUT2D eigenvalue weighted by atomic mass is 32.2. The predicted octanol–water partition coefficient (Wildman–Crippen LogP) is 2.15. The van der Waals surface area contributed by atoms with Crippen LogP contribution in [0.25, 0.3) is 0 Å². The molecule has 0 aliphatic carbocycles. The predicted molar refractivity (Wildman–Crippen MR) is 83.3 cm³/mol. The lowest BCUT2D eigenvalue weighted by Crippen LogP contribution is -2.39. The number of sulfonamides is 1. The van der Waals surface area contributed by atoms with E-state index in [0.29, 0.717) is 19.0 Å². The second kappa shape index (κ2) is 6.81. The molecule has 5 nitrogen and oxygen atoms in total. The van der Waals surface area contributed by atoms with E-state index in [4.69, 9.17) is 5.11 Å².